The van der Waals surface area contributed by atoms with E-state index in [0.29, 0.717) is 22.2 Å². The Hall–Kier alpha value is -0.740. The second-order valence-electron chi connectivity index (χ2n) is 4.36. The minimum absolute atomic E-state index is 0.263. The standard InChI is InChI=1S/C15H13Cl2FOS/c16-11-1-6-15(17)10(7-11)8-13(19)9-20-14-4-2-12(18)3-5-14/h1-7,13,19H,8-9H2. The van der Waals surface area contributed by atoms with E-state index < -0.39 is 6.10 Å². The smallest absolute Gasteiger partial charge is 0.123 e. The summed E-state index contributed by atoms with van der Waals surface area (Å²) >= 11 is 13.4. The van der Waals surface area contributed by atoms with Gasteiger partial charge in [-0.25, -0.2) is 4.39 Å². The molecule has 2 rings (SSSR count). The largest absolute Gasteiger partial charge is 0.392 e. The molecule has 0 bridgehead atoms. The molecule has 0 amide bonds. The molecule has 5 heteroatoms. The van der Waals surface area contributed by atoms with E-state index in [4.69, 9.17) is 23.2 Å². The van der Waals surface area contributed by atoms with E-state index in [9.17, 15) is 9.50 Å². The van der Waals surface area contributed by atoms with Gasteiger partial charge in [-0.3, -0.25) is 0 Å². The predicted octanol–water partition coefficient (Wildman–Crippen LogP) is 4.83. The molecule has 2 aromatic carbocycles. The Balaban J connectivity index is 1.90. The average Bonchev–Trinajstić information content (AvgIpc) is 2.42. The van der Waals surface area contributed by atoms with Crippen molar-refractivity contribution in [3.05, 3.63) is 63.9 Å². The van der Waals surface area contributed by atoms with Crippen molar-refractivity contribution < 1.29 is 9.50 Å². The Kier molecular flexibility index (Phi) is 5.73. The van der Waals surface area contributed by atoms with Gasteiger partial charge in [0.2, 0.25) is 0 Å². The quantitative estimate of drug-likeness (QED) is 0.792. The predicted molar refractivity (Wildman–Crippen MR) is 83.3 cm³/mol. The zero-order chi connectivity index (χ0) is 14.5. The van der Waals surface area contributed by atoms with E-state index in [1.54, 1.807) is 30.3 Å². The number of aliphatic hydroxyl groups excluding tert-OH is 1. The van der Waals surface area contributed by atoms with Crippen molar-refractivity contribution in [2.75, 3.05) is 5.75 Å². The Labute approximate surface area is 131 Å². The summed E-state index contributed by atoms with van der Waals surface area (Å²) in [6.07, 6.45) is -0.103. The summed E-state index contributed by atoms with van der Waals surface area (Å²) in [6.45, 7) is 0. The first kappa shape index (κ1) is 15.6. The number of hydrogen-bond donors (Lipinski definition) is 1. The monoisotopic (exact) mass is 330 g/mol. The Morgan fingerprint density at radius 2 is 1.80 bits per heavy atom. The van der Waals surface area contributed by atoms with Crippen LogP contribution < -0.4 is 0 Å². The van der Waals surface area contributed by atoms with Crippen LogP contribution in [0.3, 0.4) is 0 Å². The summed E-state index contributed by atoms with van der Waals surface area (Å²) in [6, 6.07) is 11.4. The van der Waals surface area contributed by atoms with Crippen molar-refractivity contribution in [2.24, 2.45) is 0 Å². The topological polar surface area (TPSA) is 20.2 Å². The van der Waals surface area contributed by atoms with E-state index in [0.717, 1.165) is 10.5 Å². The molecule has 0 aliphatic heterocycles. The second-order valence-corrected chi connectivity index (χ2v) is 6.30. The summed E-state index contributed by atoms with van der Waals surface area (Å²) in [5.41, 5.74) is 0.825. The number of thioether (sulfide) groups is 1. The molecule has 0 heterocycles. The lowest BCUT2D eigenvalue weighted by atomic mass is 10.1. The highest BCUT2D eigenvalue weighted by molar-refractivity contribution is 7.99. The number of rotatable bonds is 5. The third-order valence-electron chi connectivity index (χ3n) is 2.72. The third-order valence-corrected chi connectivity index (χ3v) is 4.48. The molecule has 0 saturated carbocycles. The summed E-state index contributed by atoms with van der Waals surface area (Å²) in [5.74, 6) is 0.245. The van der Waals surface area contributed by atoms with Crippen molar-refractivity contribution in [3.8, 4) is 0 Å². The van der Waals surface area contributed by atoms with Crippen LogP contribution in [0.15, 0.2) is 47.4 Å². The lowest BCUT2D eigenvalue weighted by Gasteiger charge is -2.12. The molecule has 0 aliphatic carbocycles. The van der Waals surface area contributed by atoms with Crippen molar-refractivity contribution >= 4 is 35.0 Å². The zero-order valence-corrected chi connectivity index (χ0v) is 12.9. The molecular formula is C15H13Cl2FOS. The van der Waals surface area contributed by atoms with Crippen molar-refractivity contribution in [3.63, 3.8) is 0 Å². The third kappa shape index (κ3) is 4.67. The molecule has 1 nitrogen and oxygen atoms in total. The first-order valence-electron chi connectivity index (χ1n) is 6.05. The van der Waals surface area contributed by atoms with E-state index >= 15 is 0 Å². The van der Waals surface area contributed by atoms with Crippen LogP contribution in [0.1, 0.15) is 5.56 Å². The van der Waals surface area contributed by atoms with Gasteiger partial charge in [-0.1, -0.05) is 23.2 Å². The highest BCUT2D eigenvalue weighted by Crippen LogP contribution is 2.24. The molecule has 2 aromatic rings. The van der Waals surface area contributed by atoms with Gasteiger partial charge in [0.25, 0.3) is 0 Å². The Bertz CT molecular complexity index is 575. The van der Waals surface area contributed by atoms with Crippen LogP contribution in [-0.4, -0.2) is 17.0 Å². The normalized spacial score (nSPS) is 12.4. The van der Waals surface area contributed by atoms with Crippen LogP contribution in [0.2, 0.25) is 10.0 Å². The molecule has 0 aromatic heterocycles. The molecule has 20 heavy (non-hydrogen) atoms. The van der Waals surface area contributed by atoms with Gasteiger partial charge in [0.15, 0.2) is 0 Å². The summed E-state index contributed by atoms with van der Waals surface area (Å²) in [7, 11) is 0. The maximum Gasteiger partial charge on any atom is 0.123 e. The maximum atomic E-state index is 12.8. The number of benzene rings is 2. The summed E-state index contributed by atoms with van der Waals surface area (Å²) in [5, 5.41) is 11.2. The molecule has 0 spiro atoms. The zero-order valence-electron chi connectivity index (χ0n) is 10.5. The van der Waals surface area contributed by atoms with E-state index in [1.807, 2.05) is 0 Å². The lowest BCUT2D eigenvalue weighted by molar-refractivity contribution is 0.200. The second kappa shape index (κ2) is 7.32. The van der Waals surface area contributed by atoms with Gasteiger partial charge in [-0.05, 0) is 48.0 Å². The molecule has 0 saturated heterocycles. The van der Waals surface area contributed by atoms with Crippen molar-refractivity contribution in [2.45, 2.75) is 17.4 Å². The van der Waals surface area contributed by atoms with Crippen molar-refractivity contribution in [1.82, 2.24) is 0 Å². The lowest BCUT2D eigenvalue weighted by Crippen LogP contribution is -2.13. The summed E-state index contributed by atoms with van der Waals surface area (Å²) < 4.78 is 12.8. The molecule has 0 radical (unpaired) electrons. The molecule has 0 aliphatic rings. The number of aliphatic hydroxyl groups is 1. The van der Waals surface area contributed by atoms with Gasteiger partial charge in [-0.2, -0.15) is 0 Å². The van der Waals surface area contributed by atoms with Gasteiger partial charge in [0.05, 0.1) is 6.10 Å². The summed E-state index contributed by atoms with van der Waals surface area (Å²) in [4.78, 5) is 0.919. The molecular weight excluding hydrogens is 318 g/mol. The first-order chi connectivity index (χ1) is 9.54. The van der Waals surface area contributed by atoms with Crippen LogP contribution in [0.25, 0.3) is 0 Å². The first-order valence-corrected chi connectivity index (χ1v) is 7.79. The highest BCUT2D eigenvalue weighted by Gasteiger charge is 2.10. The SMILES string of the molecule is OC(CSc1ccc(F)cc1)Cc1cc(Cl)ccc1Cl. The van der Waals surface area contributed by atoms with E-state index in [-0.39, 0.29) is 5.82 Å². The molecule has 1 atom stereocenters. The van der Waals surface area contributed by atoms with Gasteiger partial charge in [0, 0.05) is 27.1 Å². The fraction of sp³-hybridized carbons (Fsp3) is 0.200. The fourth-order valence-corrected chi connectivity index (χ4v) is 2.96. The average molecular weight is 331 g/mol. The molecule has 106 valence electrons. The fourth-order valence-electron chi connectivity index (χ4n) is 1.74. The van der Waals surface area contributed by atoms with E-state index in [1.165, 1.54) is 23.9 Å². The minimum atomic E-state index is -0.541. The highest BCUT2D eigenvalue weighted by atomic mass is 35.5. The number of halogens is 3. The maximum absolute atomic E-state index is 12.8. The van der Waals surface area contributed by atoms with Gasteiger partial charge >= 0.3 is 0 Å². The molecule has 0 fully saturated rings. The van der Waals surface area contributed by atoms with Gasteiger partial charge < -0.3 is 5.11 Å². The molecule has 1 unspecified atom stereocenters. The van der Waals surface area contributed by atoms with E-state index in [2.05, 4.69) is 0 Å². The Morgan fingerprint density at radius 1 is 1.10 bits per heavy atom. The molecule has 1 N–H and O–H groups in total. The minimum Gasteiger partial charge on any atom is -0.392 e. The van der Waals surface area contributed by atoms with Crippen LogP contribution in [0.5, 0.6) is 0 Å². The Morgan fingerprint density at radius 3 is 2.50 bits per heavy atom. The van der Waals surface area contributed by atoms with Crippen LogP contribution in [0, 0.1) is 5.82 Å². The number of hydrogen-bond acceptors (Lipinski definition) is 2. The van der Waals surface area contributed by atoms with Gasteiger partial charge in [-0.15, -0.1) is 11.8 Å². The van der Waals surface area contributed by atoms with Crippen LogP contribution in [0.4, 0.5) is 4.39 Å². The van der Waals surface area contributed by atoms with Gasteiger partial charge in [0.1, 0.15) is 5.82 Å². The van der Waals surface area contributed by atoms with Crippen LogP contribution >= 0.6 is 35.0 Å². The van der Waals surface area contributed by atoms with Crippen molar-refractivity contribution in [1.29, 1.82) is 0 Å². The van der Waals surface area contributed by atoms with Crippen LogP contribution in [-0.2, 0) is 6.42 Å².